The van der Waals surface area contributed by atoms with Crippen molar-refractivity contribution in [3.05, 3.63) is 35.2 Å². The second-order valence-corrected chi connectivity index (χ2v) is 7.71. The van der Waals surface area contributed by atoms with E-state index in [4.69, 9.17) is 25.9 Å². The second kappa shape index (κ2) is 11.2. The van der Waals surface area contributed by atoms with Crippen molar-refractivity contribution in [2.75, 3.05) is 39.9 Å². The van der Waals surface area contributed by atoms with Crippen LogP contribution in [0.4, 0.5) is 0 Å². The molecule has 29 heavy (non-hydrogen) atoms. The molecule has 1 saturated heterocycles. The first-order valence-electron chi connectivity index (χ1n) is 10.3. The maximum atomic E-state index is 6.03. The van der Waals surface area contributed by atoms with E-state index < -0.39 is 0 Å². The zero-order chi connectivity index (χ0) is 20.5. The largest absolute Gasteiger partial charge is 0.381 e. The van der Waals surface area contributed by atoms with Crippen LogP contribution in [0.3, 0.4) is 0 Å². The van der Waals surface area contributed by atoms with Gasteiger partial charge in [-0.3, -0.25) is 4.99 Å². The lowest BCUT2D eigenvalue weighted by Crippen LogP contribution is -2.40. The number of nitrogens with one attached hydrogen (secondary N) is 1. The molecule has 3 rings (SSSR count). The molecule has 0 aliphatic carbocycles. The molecule has 0 atom stereocenters. The minimum absolute atomic E-state index is 0.548. The van der Waals surface area contributed by atoms with E-state index in [0.717, 1.165) is 63.0 Å². The van der Waals surface area contributed by atoms with Crippen LogP contribution in [-0.2, 0) is 11.2 Å². The molecule has 0 bridgehead atoms. The van der Waals surface area contributed by atoms with Crippen LogP contribution in [0.15, 0.2) is 33.8 Å². The number of hydrogen-bond donors (Lipinski definition) is 1. The van der Waals surface area contributed by atoms with Crippen molar-refractivity contribution in [1.82, 2.24) is 20.4 Å². The Labute approximate surface area is 177 Å². The Morgan fingerprint density at radius 1 is 1.34 bits per heavy atom. The van der Waals surface area contributed by atoms with Gasteiger partial charge in [0.15, 0.2) is 5.96 Å². The minimum atomic E-state index is 0.548. The van der Waals surface area contributed by atoms with Crippen LogP contribution in [0, 0.1) is 5.92 Å². The van der Waals surface area contributed by atoms with E-state index in [1.54, 1.807) is 0 Å². The molecule has 2 heterocycles. The number of benzene rings is 1. The van der Waals surface area contributed by atoms with Gasteiger partial charge in [0.05, 0.1) is 6.54 Å². The molecule has 2 aromatic rings. The standard InChI is InChI=1S/C21H30ClN5O2/c1-3-23-21(27(2)12-8-16-9-13-28-14-10-16)24-11-7-19-25-20(26-29-19)17-5-4-6-18(22)15-17/h4-6,15-16H,3,7-14H2,1-2H3,(H,23,24). The predicted molar refractivity (Wildman–Crippen MR) is 115 cm³/mol. The van der Waals surface area contributed by atoms with Crippen molar-refractivity contribution in [3.63, 3.8) is 0 Å². The van der Waals surface area contributed by atoms with E-state index in [1.807, 2.05) is 24.3 Å². The maximum absolute atomic E-state index is 6.03. The lowest BCUT2D eigenvalue weighted by atomic mass is 9.96. The third kappa shape index (κ3) is 6.72. The van der Waals surface area contributed by atoms with Crippen LogP contribution in [0.2, 0.25) is 5.02 Å². The van der Waals surface area contributed by atoms with Crippen molar-refractivity contribution >= 4 is 17.6 Å². The van der Waals surface area contributed by atoms with Crippen LogP contribution in [-0.4, -0.2) is 60.9 Å². The molecule has 8 heteroatoms. The van der Waals surface area contributed by atoms with Gasteiger partial charge in [0.2, 0.25) is 11.7 Å². The van der Waals surface area contributed by atoms with Crippen LogP contribution >= 0.6 is 11.6 Å². The molecule has 1 fully saturated rings. The summed E-state index contributed by atoms with van der Waals surface area (Å²) in [5, 5.41) is 8.06. The van der Waals surface area contributed by atoms with Gasteiger partial charge < -0.3 is 19.5 Å². The minimum Gasteiger partial charge on any atom is -0.381 e. The monoisotopic (exact) mass is 419 g/mol. The van der Waals surface area contributed by atoms with E-state index >= 15 is 0 Å². The summed E-state index contributed by atoms with van der Waals surface area (Å²) >= 11 is 6.03. The smallest absolute Gasteiger partial charge is 0.228 e. The Kier molecular flexibility index (Phi) is 8.31. The van der Waals surface area contributed by atoms with Crippen molar-refractivity contribution in [1.29, 1.82) is 0 Å². The number of halogens is 1. The molecule has 0 amide bonds. The van der Waals surface area contributed by atoms with Crippen LogP contribution in [0.25, 0.3) is 11.4 Å². The molecule has 1 aliphatic heterocycles. The summed E-state index contributed by atoms with van der Waals surface area (Å²) in [7, 11) is 2.09. The SMILES string of the molecule is CCNC(=NCCc1nc(-c2cccc(Cl)c2)no1)N(C)CCC1CCOCC1. The molecule has 0 radical (unpaired) electrons. The molecule has 7 nitrogen and oxygen atoms in total. The Bertz CT molecular complexity index is 789. The molecule has 1 aromatic carbocycles. The van der Waals surface area contributed by atoms with Gasteiger partial charge in [-0.25, -0.2) is 0 Å². The van der Waals surface area contributed by atoms with E-state index in [-0.39, 0.29) is 0 Å². The normalized spacial score (nSPS) is 15.5. The predicted octanol–water partition coefficient (Wildman–Crippen LogP) is 3.65. The highest BCUT2D eigenvalue weighted by molar-refractivity contribution is 6.30. The number of rotatable bonds is 8. The number of guanidine groups is 1. The first-order valence-corrected chi connectivity index (χ1v) is 10.7. The van der Waals surface area contributed by atoms with E-state index in [9.17, 15) is 0 Å². The molecule has 0 saturated carbocycles. The van der Waals surface area contributed by atoms with Crippen molar-refractivity contribution in [2.45, 2.75) is 32.6 Å². The Balaban J connectivity index is 1.52. The summed E-state index contributed by atoms with van der Waals surface area (Å²) in [4.78, 5) is 11.4. The fraction of sp³-hybridized carbons (Fsp3) is 0.571. The van der Waals surface area contributed by atoms with Gasteiger partial charge in [-0.05, 0) is 44.2 Å². The highest BCUT2D eigenvalue weighted by Gasteiger charge is 2.15. The quantitative estimate of drug-likeness (QED) is 0.520. The van der Waals surface area contributed by atoms with Crippen molar-refractivity contribution in [3.8, 4) is 11.4 Å². The van der Waals surface area contributed by atoms with Crippen molar-refractivity contribution in [2.24, 2.45) is 10.9 Å². The van der Waals surface area contributed by atoms with E-state index in [0.29, 0.717) is 29.7 Å². The Hall–Kier alpha value is -2.12. The zero-order valence-electron chi connectivity index (χ0n) is 17.2. The average molecular weight is 420 g/mol. The number of aliphatic imine (C=N–C) groups is 1. The lowest BCUT2D eigenvalue weighted by Gasteiger charge is -2.26. The van der Waals surface area contributed by atoms with Crippen molar-refractivity contribution < 1.29 is 9.26 Å². The highest BCUT2D eigenvalue weighted by Crippen LogP contribution is 2.20. The summed E-state index contributed by atoms with van der Waals surface area (Å²) in [6, 6.07) is 7.43. The molecular weight excluding hydrogens is 390 g/mol. The first kappa shape index (κ1) is 21.6. The summed E-state index contributed by atoms with van der Waals surface area (Å²) in [5.41, 5.74) is 0.845. The summed E-state index contributed by atoms with van der Waals surface area (Å²) < 4.78 is 10.8. The molecule has 1 aliphatic rings. The Morgan fingerprint density at radius 2 is 2.17 bits per heavy atom. The van der Waals surface area contributed by atoms with Crippen LogP contribution in [0.1, 0.15) is 32.1 Å². The molecule has 1 aromatic heterocycles. The van der Waals surface area contributed by atoms with E-state index in [1.165, 1.54) is 0 Å². The number of hydrogen-bond acceptors (Lipinski definition) is 5. The van der Waals surface area contributed by atoms with Gasteiger partial charge in [-0.2, -0.15) is 4.98 Å². The molecule has 1 N–H and O–H groups in total. The third-order valence-electron chi connectivity index (χ3n) is 5.05. The fourth-order valence-corrected chi connectivity index (χ4v) is 3.54. The van der Waals surface area contributed by atoms with Crippen LogP contribution < -0.4 is 5.32 Å². The average Bonchev–Trinajstić information content (AvgIpc) is 3.21. The first-order chi connectivity index (χ1) is 14.2. The lowest BCUT2D eigenvalue weighted by molar-refractivity contribution is 0.0625. The van der Waals surface area contributed by atoms with E-state index in [2.05, 4.69) is 34.3 Å². The zero-order valence-corrected chi connectivity index (χ0v) is 18.0. The molecule has 0 unspecified atom stereocenters. The van der Waals surface area contributed by atoms with Gasteiger partial charge >= 0.3 is 0 Å². The fourth-order valence-electron chi connectivity index (χ4n) is 3.35. The van der Waals surface area contributed by atoms with Gasteiger partial charge in [-0.15, -0.1) is 0 Å². The van der Waals surface area contributed by atoms with Crippen LogP contribution in [0.5, 0.6) is 0 Å². The second-order valence-electron chi connectivity index (χ2n) is 7.27. The van der Waals surface area contributed by atoms with Gasteiger partial charge in [0.1, 0.15) is 0 Å². The third-order valence-corrected chi connectivity index (χ3v) is 5.28. The maximum Gasteiger partial charge on any atom is 0.228 e. The van der Waals surface area contributed by atoms with Gasteiger partial charge in [-0.1, -0.05) is 28.9 Å². The number of aromatic nitrogens is 2. The Morgan fingerprint density at radius 3 is 2.93 bits per heavy atom. The molecular formula is C21H30ClN5O2. The summed E-state index contributed by atoms with van der Waals surface area (Å²) in [6.45, 7) is 6.27. The topological polar surface area (TPSA) is 75.8 Å². The molecule has 158 valence electrons. The summed E-state index contributed by atoms with van der Waals surface area (Å²) in [6.07, 6.45) is 4.08. The molecule has 0 spiro atoms. The number of nitrogens with zero attached hydrogens (tertiary/aromatic N) is 4. The summed E-state index contributed by atoms with van der Waals surface area (Å²) in [5.74, 6) is 2.78. The van der Waals surface area contributed by atoms with Gasteiger partial charge in [0, 0.05) is 50.4 Å². The number of ether oxygens (including phenoxy) is 1. The highest BCUT2D eigenvalue weighted by atomic mass is 35.5. The van der Waals surface area contributed by atoms with Gasteiger partial charge in [0.25, 0.3) is 0 Å².